The number of rotatable bonds is 3. The zero-order valence-electron chi connectivity index (χ0n) is 9.08. The van der Waals surface area contributed by atoms with Gasteiger partial charge in [0, 0.05) is 0 Å². The molecule has 1 amide bonds. The number of hydrogen-bond acceptors (Lipinski definition) is 3. The number of nitrogens with one attached hydrogen (secondary N) is 1. The van der Waals surface area contributed by atoms with Crippen molar-refractivity contribution < 1.29 is 9.63 Å². The molecule has 0 spiro atoms. The molecule has 0 aliphatic heterocycles. The molecule has 1 aliphatic rings. The lowest BCUT2D eigenvalue weighted by Gasteiger charge is -2.11. The first-order valence-corrected chi connectivity index (χ1v) is 6.20. The number of carbonyl (C=O) groups is 1. The van der Waals surface area contributed by atoms with Crippen LogP contribution in [0.3, 0.4) is 0 Å². The summed E-state index contributed by atoms with van der Waals surface area (Å²) in [6, 6.07) is 3.03. The molecule has 92 valence electrons. The van der Waals surface area contributed by atoms with Gasteiger partial charge in [-0.3, -0.25) is 9.63 Å². The van der Waals surface area contributed by atoms with Crippen molar-refractivity contribution in [2.45, 2.75) is 31.8 Å². The van der Waals surface area contributed by atoms with Gasteiger partial charge in [-0.2, -0.15) is 0 Å². The Balaban J connectivity index is 1.94. The van der Waals surface area contributed by atoms with Crippen molar-refractivity contribution in [1.82, 2.24) is 10.5 Å². The molecule has 1 saturated carbocycles. The smallest absolute Gasteiger partial charge is 0.270 e. The van der Waals surface area contributed by atoms with Crippen molar-refractivity contribution in [3.63, 3.8) is 0 Å². The van der Waals surface area contributed by atoms with E-state index in [1.807, 2.05) is 0 Å². The molecule has 0 atom stereocenters. The first-order valence-electron chi connectivity index (χ1n) is 5.45. The largest absolute Gasteiger partial charge is 0.277 e. The van der Waals surface area contributed by atoms with Gasteiger partial charge in [0.1, 0.15) is 10.3 Å². The zero-order chi connectivity index (χ0) is 12.3. The standard InChI is InChI=1S/C11H12Cl2N2O2/c12-9-6-5-8(10(13)14-9)11(16)15-17-7-3-1-2-4-7/h5-7H,1-4H2,(H,15,16). The summed E-state index contributed by atoms with van der Waals surface area (Å²) in [7, 11) is 0. The quantitative estimate of drug-likeness (QED) is 0.681. The SMILES string of the molecule is O=C(NOC1CCCC1)c1ccc(Cl)nc1Cl. The Hall–Kier alpha value is -0.840. The Bertz CT molecular complexity index is 420. The van der Waals surface area contributed by atoms with Gasteiger partial charge in [-0.1, -0.05) is 36.0 Å². The fourth-order valence-electron chi connectivity index (χ4n) is 1.78. The minimum Gasteiger partial charge on any atom is -0.270 e. The maximum absolute atomic E-state index is 11.7. The van der Waals surface area contributed by atoms with E-state index in [0.29, 0.717) is 0 Å². The Kier molecular flexibility index (Phi) is 4.20. The highest BCUT2D eigenvalue weighted by Crippen LogP contribution is 2.20. The molecule has 0 radical (unpaired) electrons. The van der Waals surface area contributed by atoms with E-state index >= 15 is 0 Å². The number of pyridine rings is 1. The molecular weight excluding hydrogens is 263 g/mol. The fraction of sp³-hybridized carbons (Fsp3) is 0.455. The van der Waals surface area contributed by atoms with Crippen LogP contribution in [0.1, 0.15) is 36.0 Å². The Morgan fingerprint density at radius 3 is 2.71 bits per heavy atom. The van der Waals surface area contributed by atoms with Crippen LogP contribution in [0.15, 0.2) is 12.1 Å². The van der Waals surface area contributed by atoms with Crippen molar-refractivity contribution >= 4 is 29.1 Å². The number of carbonyl (C=O) groups excluding carboxylic acids is 1. The van der Waals surface area contributed by atoms with Crippen LogP contribution in [0.5, 0.6) is 0 Å². The first-order chi connectivity index (χ1) is 8.16. The summed E-state index contributed by atoms with van der Waals surface area (Å²) in [5, 5.41) is 0.327. The average Bonchev–Trinajstić information content (AvgIpc) is 2.78. The van der Waals surface area contributed by atoms with Gasteiger partial charge >= 0.3 is 0 Å². The molecule has 17 heavy (non-hydrogen) atoms. The van der Waals surface area contributed by atoms with E-state index in [2.05, 4.69) is 10.5 Å². The highest BCUT2D eigenvalue weighted by molar-refractivity contribution is 6.34. The van der Waals surface area contributed by atoms with E-state index in [-0.39, 0.29) is 22.0 Å². The molecule has 1 heterocycles. The fourth-order valence-corrected chi connectivity index (χ4v) is 2.21. The molecule has 1 aromatic rings. The lowest BCUT2D eigenvalue weighted by Crippen LogP contribution is -2.28. The van der Waals surface area contributed by atoms with E-state index in [9.17, 15) is 4.79 Å². The van der Waals surface area contributed by atoms with Crippen molar-refractivity contribution in [3.05, 3.63) is 28.0 Å². The molecule has 0 bridgehead atoms. The molecule has 1 N–H and O–H groups in total. The second-order valence-electron chi connectivity index (χ2n) is 3.93. The molecule has 4 nitrogen and oxygen atoms in total. The third kappa shape index (κ3) is 3.31. The summed E-state index contributed by atoms with van der Waals surface area (Å²) < 4.78 is 0. The summed E-state index contributed by atoms with van der Waals surface area (Å²) >= 11 is 11.5. The van der Waals surface area contributed by atoms with Crippen LogP contribution < -0.4 is 5.48 Å². The van der Waals surface area contributed by atoms with Crippen LogP contribution >= 0.6 is 23.2 Å². The van der Waals surface area contributed by atoms with Gasteiger partial charge in [0.25, 0.3) is 5.91 Å². The maximum Gasteiger partial charge on any atom is 0.277 e. The maximum atomic E-state index is 11.7. The Labute approximate surface area is 109 Å². The van der Waals surface area contributed by atoms with Crippen LogP contribution in [0.2, 0.25) is 10.3 Å². The van der Waals surface area contributed by atoms with Crippen molar-refractivity contribution in [3.8, 4) is 0 Å². The summed E-state index contributed by atoms with van der Waals surface area (Å²) in [5.74, 6) is -0.397. The predicted molar refractivity (Wildman–Crippen MR) is 65.1 cm³/mol. The van der Waals surface area contributed by atoms with Gasteiger partial charge in [-0.15, -0.1) is 0 Å². The molecule has 6 heteroatoms. The molecular formula is C11H12Cl2N2O2. The highest BCUT2D eigenvalue weighted by atomic mass is 35.5. The second-order valence-corrected chi connectivity index (χ2v) is 4.67. The van der Waals surface area contributed by atoms with Gasteiger partial charge in [0.2, 0.25) is 0 Å². The van der Waals surface area contributed by atoms with Crippen molar-refractivity contribution in [1.29, 1.82) is 0 Å². The van der Waals surface area contributed by atoms with Crippen molar-refractivity contribution in [2.75, 3.05) is 0 Å². The normalized spacial score (nSPS) is 16.1. The molecule has 1 fully saturated rings. The molecule has 0 aromatic carbocycles. The van der Waals surface area contributed by atoms with Gasteiger partial charge in [0.15, 0.2) is 0 Å². The zero-order valence-corrected chi connectivity index (χ0v) is 10.6. The number of nitrogens with zero attached hydrogens (tertiary/aromatic N) is 1. The average molecular weight is 275 g/mol. The number of hydroxylamine groups is 1. The minimum absolute atomic E-state index is 0.0741. The third-order valence-corrected chi connectivity index (χ3v) is 3.18. The van der Waals surface area contributed by atoms with Crippen LogP contribution in [0.4, 0.5) is 0 Å². The summed E-state index contributed by atoms with van der Waals surface area (Å²) in [6.45, 7) is 0. The van der Waals surface area contributed by atoms with E-state index in [0.717, 1.165) is 25.7 Å². The summed E-state index contributed by atoms with van der Waals surface area (Å²) in [5.41, 5.74) is 2.65. The van der Waals surface area contributed by atoms with Crippen LogP contribution in [0, 0.1) is 0 Å². The number of halogens is 2. The van der Waals surface area contributed by atoms with Gasteiger partial charge in [0.05, 0.1) is 11.7 Å². The summed E-state index contributed by atoms with van der Waals surface area (Å²) in [6.07, 6.45) is 4.35. The van der Waals surface area contributed by atoms with Crippen LogP contribution in [-0.4, -0.2) is 17.0 Å². The first kappa shape index (κ1) is 12.6. The Morgan fingerprint density at radius 1 is 1.35 bits per heavy atom. The van der Waals surface area contributed by atoms with Crippen LogP contribution in [-0.2, 0) is 4.84 Å². The lowest BCUT2D eigenvalue weighted by atomic mass is 10.3. The van der Waals surface area contributed by atoms with Crippen LogP contribution in [0.25, 0.3) is 0 Å². The highest BCUT2D eigenvalue weighted by Gasteiger charge is 2.18. The topological polar surface area (TPSA) is 51.2 Å². The monoisotopic (exact) mass is 274 g/mol. The number of amides is 1. The second kappa shape index (κ2) is 5.67. The summed E-state index contributed by atoms with van der Waals surface area (Å²) in [4.78, 5) is 20.8. The van der Waals surface area contributed by atoms with Crippen molar-refractivity contribution in [2.24, 2.45) is 0 Å². The van der Waals surface area contributed by atoms with Gasteiger partial charge < -0.3 is 0 Å². The van der Waals surface area contributed by atoms with Gasteiger partial charge in [-0.05, 0) is 25.0 Å². The molecule has 2 rings (SSSR count). The van der Waals surface area contributed by atoms with Gasteiger partial charge in [-0.25, -0.2) is 10.5 Å². The number of hydrogen-bond donors (Lipinski definition) is 1. The van der Waals surface area contributed by atoms with E-state index in [4.69, 9.17) is 28.0 Å². The third-order valence-electron chi connectivity index (χ3n) is 2.68. The molecule has 0 saturated heterocycles. The lowest BCUT2D eigenvalue weighted by molar-refractivity contribution is -0.0125. The predicted octanol–water partition coefficient (Wildman–Crippen LogP) is 2.99. The van der Waals surface area contributed by atoms with E-state index < -0.39 is 5.91 Å². The molecule has 1 aromatic heterocycles. The van der Waals surface area contributed by atoms with E-state index in [1.54, 1.807) is 0 Å². The number of aromatic nitrogens is 1. The Morgan fingerprint density at radius 2 is 2.06 bits per heavy atom. The molecule has 0 unspecified atom stereocenters. The van der Waals surface area contributed by atoms with E-state index in [1.165, 1.54) is 12.1 Å². The minimum atomic E-state index is -0.397. The molecule has 1 aliphatic carbocycles.